The molecular weight excluding hydrogens is 214 g/mol. The van der Waals surface area contributed by atoms with Crippen molar-refractivity contribution in [2.24, 2.45) is 0 Å². The molecule has 0 aliphatic carbocycles. The Morgan fingerprint density at radius 1 is 1.53 bits per heavy atom. The standard InChI is InChI=1S/C13H21N3O/c1-2-5-13(17)14-8-7-11-10-16-9-4-3-6-12(16)15-11/h10H,2-9H2,1H3,(H,14,17). The van der Waals surface area contributed by atoms with Gasteiger partial charge in [-0.1, -0.05) is 6.92 Å². The van der Waals surface area contributed by atoms with Gasteiger partial charge in [0.15, 0.2) is 0 Å². The van der Waals surface area contributed by atoms with E-state index in [1.54, 1.807) is 0 Å². The van der Waals surface area contributed by atoms with E-state index < -0.39 is 0 Å². The average molecular weight is 235 g/mol. The summed E-state index contributed by atoms with van der Waals surface area (Å²) < 4.78 is 2.26. The van der Waals surface area contributed by atoms with Crippen molar-refractivity contribution in [3.8, 4) is 0 Å². The molecule has 1 aromatic rings. The lowest BCUT2D eigenvalue weighted by Gasteiger charge is -2.11. The molecule has 2 rings (SSSR count). The molecule has 0 saturated carbocycles. The van der Waals surface area contributed by atoms with Crippen LogP contribution in [0.5, 0.6) is 0 Å². The quantitative estimate of drug-likeness (QED) is 0.844. The monoisotopic (exact) mass is 235 g/mol. The van der Waals surface area contributed by atoms with Gasteiger partial charge in [-0.15, -0.1) is 0 Å². The molecular formula is C13H21N3O. The summed E-state index contributed by atoms with van der Waals surface area (Å²) in [5.74, 6) is 1.36. The highest BCUT2D eigenvalue weighted by Gasteiger charge is 2.11. The third kappa shape index (κ3) is 3.32. The van der Waals surface area contributed by atoms with Gasteiger partial charge in [0.1, 0.15) is 5.82 Å². The first-order valence-corrected chi connectivity index (χ1v) is 6.61. The first-order valence-electron chi connectivity index (χ1n) is 6.61. The topological polar surface area (TPSA) is 46.9 Å². The summed E-state index contributed by atoms with van der Waals surface area (Å²) in [6.45, 7) is 3.82. The van der Waals surface area contributed by atoms with Gasteiger partial charge in [-0.25, -0.2) is 4.98 Å². The summed E-state index contributed by atoms with van der Waals surface area (Å²) in [6, 6.07) is 0. The number of aromatic nitrogens is 2. The van der Waals surface area contributed by atoms with E-state index in [0.717, 1.165) is 31.5 Å². The van der Waals surface area contributed by atoms with Crippen molar-refractivity contribution in [2.45, 2.75) is 52.0 Å². The zero-order valence-corrected chi connectivity index (χ0v) is 10.5. The molecule has 1 aliphatic heterocycles. The molecule has 94 valence electrons. The largest absolute Gasteiger partial charge is 0.356 e. The summed E-state index contributed by atoms with van der Waals surface area (Å²) in [5.41, 5.74) is 1.11. The minimum absolute atomic E-state index is 0.150. The second-order valence-corrected chi connectivity index (χ2v) is 4.65. The average Bonchev–Trinajstić information content (AvgIpc) is 2.71. The molecule has 1 aliphatic rings. The molecule has 0 spiro atoms. The molecule has 4 heteroatoms. The van der Waals surface area contributed by atoms with Gasteiger partial charge in [0.2, 0.25) is 5.91 Å². The van der Waals surface area contributed by atoms with Crippen molar-refractivity contribution >= 4 is 5.91 Å². The van der Waals surface area contributed by atoms with Crippen LogP contribution in [0.15, 0.2) is 6.20 Å². The summed E-state index contributed by atoms with van der Waals surface area (Å²) in [7, 11) is 0. The Kier molecular flexibility index (Phi) is 4.18. The maximum absolute atomic E-state index is 11.3. The molecule has 2 heterocycles. The first kappa shape index (κ1) is 12.1. The normalized spacial score (nSPS) is 14.4. The predicted molar refractivity (Wildman–Crippen MR) is 66.8 cm³/mol. The Labute approximate surface area is 102 Å². The number of carbonyl (C=O) groups excluding carboxylic acids is 1. The van der Waals surface area contributed by atoms with Crippen LogP contribution < -0.4 is 5.32 Å². The Morgan fingerprint density at radius 2 is 2.41 bits per heavy atom. The van der Waals surface area contributed by atoms with E-state index in [0.29, 0.717) is 13.0 Å². The lowest BCUT2D eigenvalue weighted by atomic mass is 10.2. The number of rotatable bonds is 5. The SMILES string of the molecule is CCCC(=O)NCCc1cn2c(n1)CCCC2. The molecule has 1 amide bonds. The fourth-order valence-electron chi connectivity index (χ4n) is 2.24. The maximum Gasteiger partial charge on any atom is 0.219 e. The van der Waals surface area contributed by atoms with Gasteiger partial charge in [-0.3, -0.25) is 4.79 Å². The molecule has 0 atom stereocenters. The van der Waals surface area contributed by atoms with Gasteiger partial charge < -0.3 is 9.88 Å². The fraction of sp³-hybridized carbons (Fsp3) is 0.692. The van der Waals surface area contributed by atoms with Gasteiger partial charge in [0, 0.05) is 38.5 Å². The summed E-state index contributed by atoms with van der Waals surface area (Å²) in [4.78, 5) is 15.9. The van der Waals surface area contributed by atoms with Crippen LogP contribution in [0, 0.1) is 0 Å². The molecule has 0 bridgehead atoms. The second-order valence-electron chi connectivity index (χ2n) is 4.65. The van der Waals surface area contributed by atoms with Crippen molar-refractivity contribution in [2.75, 3.05) is 6.54 Å². The lowest BCUT2D eigenvalue weighted by Crippen LogP contribution is -2.25. The van der Waals surface area contributed by atoms with Crippen LogP contribution in [0.4, 0.5) is 0 Å². The van der Waals surface area contributed by atoms with Gasteiger partial charge in [0.05, 0.1) is 5.69 Å². The molecule has 0 unspecified atom stereocenters. The third-order valence-corrected chi connectivity index (χ3v) is 3.14. The van der Waals surface area contributed by atoms with Crippen LogP contribution in [0.3, 0.4) is 0 Å². The van der Waals surface area contributed by atoms with E-state index >= 15 is 0 Å². The maximum atomic E-state index is 11.3. The highest BCUT2D eigenvalue weighted by atomic mass is 16.1. The Morgan fingerprint density at radius 3 is 3.18 bits per heavy atom. The van der Waals surface area contributed by atoms with Gasteiger partial charge in [-0.05, 0) is 19.3 Å². The number of nitrogens with zero attached hydrogens (tertiary/aromatic N) is 2. The highest BCUT2D eigenvalue weighted by Crippen LogP contribution is 2.14. The van der Waals surface area contributed by atoms with Crippen molar-refractivity contribution in [3.05, 3.63) is 17.7 Å². The number of nitrogens with one attached hydrogen (secondary N) is 1. The molecule has 4 nitrogen and oxygen atoms in total. The van der Waals surface area contributed by atoms with Crippen LogP contribution in [0.1, 0.15) is 44.1 Å². The smallest absolute Gasteiger partial charge is 0.219 e. The highest BCUT2D eigenvalue weighted by molar-refractivity contribution is 5.75. The van der Waals surface area contributed by atoms with Gasteiger partial charge >= 0.3 is 0 Å². The van der Waals surface area contributed by atoms with Gasteiger partial charge in [-0.2, -0.15) is 0 Å². The fourth-order valence-corrected chi connectivity index (χ4v) is 2.24. The number of hydrogen-bond acceptors (Lipinski definition) is 2. The number of aryl methyl sites for hydroxylation is 2. The van der Waals surface area contributed by atoms with E-state index in [-0.39, 0.29) is 5.91 Å². The molecule has 1 aromatic heterocycles. The summed E-state index contributed by atoms with van der Waals surface area (Å²) in [5, 5.41) is 2.92. The second kappa shape index (κ2) is 5.84. The number of hydrogen-bond donors (Lipinski definition) is 1. The number of imidazole rings is 1. The first-order chi connectivity index (χ1) is 8.29. The Hall–Kier alpha value is -1.32. The van der Waals surface area contributed by atoms with Crippen molar-refractivity contribution in [1.82, 2.24) is 14.9 Å². The molecule has 17 heavy (non-hydrogen) atoms. The zero-order valence-electron chi connectivity index (χ0n) is 10.5. The van der Waals surface area contributed by atoms with Crippen LogP contribution >= 0.6 is 0 Å². The van der Waals surface area contributed by atoms with E-state index in [1.807, 2.05) is 6.92 Å². The van der Waals surface area contributed by atoms with Crippen LogP contribution in [0.2, 0.25) is 0 Å². The van der Waals surface area contributed by atoms with E-state index in [9.17, 15) is 4.79 Å². The molecule has 1 N–H and O–H groups in total. The van der Waals surface area contributed by atoms with E-state index in [1.165, 1.54) is 18.7 Å². The number of amides is 1. The third-order valence-electron chi connectivity index (χ3n) is 3.14. The summed E-state index contributed by atoms with van der Waals surface area (Å²) in [6.07, 6.45) is 8.13. The molecule has 0 radical (unpaired) electrons. The number of fused-ring (bicyclic) bond motifs is 1. The molecule has 0 aromatic carbocycles. The zero-order chi connectivity index (χ0) is 12.1. The minimum atomic E-state index is 0.150. The minimum Gasteiger partial charge on any atom is -0.356 e. The predicted octanol–water partition coefficient (Wildman–Crippen LogP) is 1.68. The molecule has 0 fully saturated rings. The number of carbonyl (C=O) groups is 1. The molecule has 0 saturated heterocycles. The van der Waals surface area contributed by atoms with Crippen LogP contribution in [-0.2, 0) is 24.2 Å². The van der Waals surface area contributed by atoms with Crippen molar-refractivity contribution in [1.29, 1.82) is 0 Å². The Balaban J connectivity index is 1.79. The van der Waals surface area contributed by atoms with E-state index in [4.69, 9.17) is 0 Å². The summed E-state index contributed by atoms with van der Waals surface area (Å²) >= 11 is 0. The van der Waals surface area contributed by atoms with Crippen LogP contribution in [0.25, 0.3) is 0 Å². The van der Waals surface area contributed by atoms with Crippen molar-refractivity contribution in [3.63, 3.8) is 0 Å². The van der Waals surface area contributed by atoms with Crippen LogP contribution in [-0.4, -0.2) is 22.0 Å². The lowest BCUT2D eigenvalue weighted by molar-refractivity contribution is -0.121. The van der Waals surface area contributed by atoms with E-state index in [2.05, 4.69) is 21.1 Å². The van der Waals surface area contributed by atoms with Crippen molar-refractivity contribution < 1.29 is 4.79 Å². The Bertz CT molecular complexity index is 361. The van der Waals surface area contributed by atoms with Gasteiger partial charge in [0.25, 0.3) is 0 Å².